The molecule has 0 amide bonds. The van der Waals surface area contributed by atoms with Gasteiger partial charge in [-0.25, -0.2) is 0 Å². The van der Waals surface area contributed by atoms with E-state index in [4.69, 9.17) is 4.74 Å². The number of aromatic nitrogens is 1. The number of ether oxygens (including phenoxy) is 1. The quantitative estimate of drug-likeness (QED) is 0.160. The van der Waals surface area contributed by atoms with Gasteiger partial charge in [0.05, 0.1) is 27.8 Å². The van der Waals surface area contributed by atoms with Gasteiger partial charge in [-0.2, -0.15) is 0 Å². The zero-order valence-electron chi connectivity index (χ0n) is 45.8. The van der Waals surface area contributed by atoms with E-state index in [1.54, 1.807) is 0 Å². The molecule has 0 saturated heterocycles. The van der Waals surface area contributed by atoms with E-state index in [1.165, 1.54) is 105 Å². The highest BCUT2D eigenvalue weighted by atomic mass is 16.5. The Kier molecular flexibility index (Phi) is 9.96. The maximum absolute atomic E-state index is 6.91. The first-order valence-electron chi connectivity index (χ1n) is 28.7. The van der Waals surface area contributed by atoms with Gasteiger partial charge in [0.15, 0.2) is 0 Å². The number of hydrogen-bond acceptors (Lipinski definition) is 3. The molecule has 0 unspecified atom stereocenters. The Morgan fingerprint density at radius 3 is 1.40 bits per heavy atom. The smallest absolute Gasteiger partial charge is 0.252 e. The lowest BCUT2D eigenvalue weighted by Crippen LogP contribution is -2.61. The molecule has 0 fully saturated rings. The van der Waals surface area contributed by atoms with Crippen LogP contribution in [0.2, 0.25) is 0 Å². The number of fused-ring (bicyclic) bond motifs is 16. The number of rotatable bonds is 5. The molecule has 5 heteroatoms. The maximum Gasteiger partial charge on any atom is 0.252 e. The van der Waals surface area contributed by atoms with Crippen molar-refractivity contribution in [3.8, 4) is 50.6 Å². The van der Waals surface area contributed by atoms with Gasteiger partial charge in [0.2, 0.25) is 0 Å². The first-order valence-corrected chi connectivity index (χ1v) is 28.7. The van der Waals surface area contributed by atoms with E-state index in [1.807, 2.05) is 0 Å². The molecule has 1 aromatic heterocycles. The van der Waals surface area contributed by atoms with E-state index in [-0.39, 0.29) is 12.1 Å². The summed E-state index contributed by atoms with van der Waals surface area (Å²) in [7, 11) is 0. The highest BCUT2D eigenvalue weighted by Gasteiger charge is 2.53. The normalized spacial score (nSPS) is 13.9. The fourth-order valence-electron chi connectivity index (χ4n) is 14.7. The molecule has 12 aromatic carbocycles. The number of benzene rings is 12. The van der Waals surface area contributed by atoms with Crippen molar-refractivity contribution in [2.45, 2.75) is 31.6 Å². The summed E-state index contributed by atoms with van der Waals surface area (Å²) in [6.45, 7) is 6.91. The molecule has 17 rings (SSSR count). The highest BCUT2D eigenvalue weighted by molar-refractivity contribution is 7.00. The van der Waals surface area contributed by atoms with Crippen LogP contribution in [0.15, 0.2) is 273 Å². The average molecular weight is 1050 g/mol. The third-order valence-electron chi connectivity index (χ3n) is 18.2. The summed E-state index contributed by atoms with van der Waals surface area (Å²) in [4.78, 5) is 5.27. The second-order valence-corrected chi connectivity index (χ2v) is 23.5. The SMILES string of the molecule is CC(C)(C)c1cc2c3c(c1)N(c1ccccc1-c1ccccc1)c1cc4c(cc1B3c1ccc(-n3c5ccccc5c5ccccc53)cc1N2c1ccccc1-c1ccccc1)C1(c2ccccc2Oc2ccccc21)c1ccccc1-4. The van der Waals surface area contributed by atoms with Gasteiger partial charge in [-0.15, -0.1) is 0 Å². The zero-order chi connectivity index (χ0) is 54.4. The summed E-state index contributed by atoms with van der Waals surface area (Å²) in [5, 5.41) is 2.48. The molecule has 0 atom stereocenters. The van der Waals surface area contributed by atoms with Crippen LogP contribution in [0.3, 0.4) is 0 Å². The predicted octanol–water partition coefficient (Wildman–Crippen LogP) is 18.0. The Morgan fingerprint density at radius 2 is 0.829 bits per heavy atom. The van der Waals surface area contributed by atoms with Crippen molar-refractivity contribution in [3.05, 3.63) is 301 Å². The monoisotopic (exact) mass is 1050 g/mol. The van der Waals surface area contributed by atoms with Crippen LogP contribution in [0.4, 0.5) is 34.1 Å². The summed E-state index contributed by atoms with van der Waals surface area (Å²) in [6, 6.07) is 102. The van der Waals surface area contributed by atoms with Crippen LogP contribution in [0.25, 0.3) is 60.9 Å². The van der Waals surface area contributed by atoms with Crippen LogP contribution in [-0.2, 0) is 10.8 Å². The largest absolute Gasteiger partial charge is 0.457 e. The van der Waals surface area contributed by atoms with Crippen LogP contribution in [0.1, 0.15) is 48.6 Å². The van der Waals surface area contributed by atoms with Crippen LogP contribution >= 0.6 is 0 Å². The minimum atomic E-state index is -0.670. The molecule has 386 valence electrons. The second-order valence-electron chi connectivity index (χ2n) is 23.5. The van der Waals surface area contributed by atoms with Gasteiger partial charge in [0, 0.05) is 61.5 Å². The Morgan fingerprint density at radius 1 is 0.354 bits per heavy atom. The third-order valence-corrected chi connectivity index (χ3v) is 18.2. The Labute approximate surface area is 478 Å². The molecule has 13 aromatic rings. The lowest BCUT2D eigenvalue weighted by Gasteiger charge is -2.46. The number of anilines is 6. The van der Waals surface area contributed by atoms with Crippen LogP contribution in [0.5, 0.6) is 11.5 Å². The van der Waals surface area contributed by atoms with Crippen molar-refractivity contribution < 1.29 is 4.74 Å². The summed E-state index contributed by atoms with van der Waals surface area (Å²) >= 11 is 0. The van der Waals surface area contributed by atoms with Gasteiger partial charge in [0.25, 0.3) is 6.71 Å². The van der Waals surface area contributed by atoms with E-state index in [0.717, 1.165) is 45.4 Å². The predicted molar refractivity (Wildman–Crippen MR) is 342 cm³/mol. The van der Waals surface area contributed by atoms with Crippen molar-refractivity contribution in [2.75, 3.05) is 9.80 Å². The summed E-state index contributed by atoms with van der Waals surface area (Å²) in [5.41, 5.74) is 26.6. The van der Waals surface area contributed by atoms with Crippen LogP contribution < -0.4 is 30.9 Å². The molecule has 1 aliphatic carbocycles. The Hall–Kier alpha value is -10.1. The standard InChI is InChI=1S/C77H54BN3O/c1-76(2,3)51-44-71-75-72(45-51)81(66-37-19-12-29-54(66)50-26-8-5-9-27-50)70-47-58-55-30-10-15-33-59(55)77(60-34-16-22-40-73(60)82-74-41-23-17-35-61(74)77)62(58)48-64(70)78(75)63-43-42-52(79-67-38-20-13-31-56(67)57-32-14-21-39-68(57)79)46-69(63)80(71)65-36-18-11-28-53(65)49-24-6-4-7-25-49/h4-48H,1-3H3. The van der Waals surface area contributed by atoms with Crippen molar-refractivity contribution in [2.24, 2.45) is 0 Å². The number of hydrogen-bond donors (Lipinski definition) is 0. The molecule has 4 heterocycles. The molecular weight excluding hydrogens is 994 g/mol. The molecule has 0 radical (unpaired) electrons. The first-order chi connectivity index (χ1) is 40.3. The van der Waals surface area contributed by atoms with Crippen molar-refractivity contribution in [3.63, 3.8) is 0 Å². The molecule has 0 saturated carbocycles. The van der Waals surface area contributed by atoms with Gasteiger partial charge in [-0.05, 0) is 127 Å². The van der Waals surface area contributed by atoms with Gasteiger partial charge >= 0.3 is 0 Å². The van der Waals surface area contributed by atoms with Crippen LogP contribution in [0, 0.1) is 0 Å². The fourth-order valence-corrected chi connectivity index (χ4v) is 14.7. The molecule has 0 N–H and O–H groups in total. The van der Waals surface area contributed by atoms with E-state index >= 15 is 0 Å². The summed E-state index contributed by atoms with van der Waals surface area (Å²) < 4.78 is 9.39. The molecule has 4 aliphatic rings. The van der Waals surface area contributed by atoms with Gasteiger partial charge < -0.3 is 19.1 Å². The number of para-hydroxylation sites is 6. The van der Waals surface area contributed by atoms with E-state index in [0.29, 0.717) is 0 Å². The lowest BCUT2D eigenvalue weighted by atomic mass is 9.33. The molecule has 3 aliphatic heterocycles. The van der Waals surface area contributed by atoms with Crippen molar-refractivity contribution in [1.29, 1.82) is 0 Å². The zero-order valence-corrected chi connectivity index (χ0v) is 45.8. The third kappa shape index (κ3) is 6.50. The summed E-state index contributed by atoms with van der Waals surface area (Å²) in [5.74, 6) is 1.77. The summed E-state index contributed by atoms with van der Waals surface area (Å²) in [6.07, 6.45) is 0. The molecule has 0 bridgehead atoms. The first kappa shape index (κ1) is 46.8. The van der Waals surface area contributed by atoms with Crippen molar-refractivity contribution in [1.82, 2.24) is 4.57 Å². The Balaban J connectivity index is 1.04. The second kappa shape index (κ2) is 17.5. The van der Waals surface area contributed by atoms with E-state index in [9.17, 15) is 0 Å². The van der Waals surface area contributed by atoms with Gasteiger partial charge in [0.1, 0.15) is 11.5 Å². The minimum absolute atomic E-state index is 0.187. The lowest BCUT2D eigenvalue weighted by molar-refractivity contribution is 0.436. The number of nitrogens with zero attached hydrogens (tertiary/aromatic N) is 3. The molecule has 4 nitrogen and oxygen atoms in total. The highest BCUT2D eigenvalue weighted by Crippen LogP contribution is 2.63. The van der Waals surface area contributed by atoms with Gasteiger partial charge in [-0.3, -0.25) is 0 Å². The molecular formula is C77H54BN3O. The average Bonchev–Trinajstić information content (AvgIpc) is 3.18. The van der Waals surface area contributed by atoms with Gasteiger partial charge in [-0.1, -0.05) is 227 Å². The van der Waals surface area contributed by atoms with Crippen LogP contribution in [-0.4, -0.2) is 11.3 Å². The van der Waals surface area contributed by atoms with Crippen molar-refractivity contribution >= 4 is 79.0 Å². The topological polar surface area (TPSA) is 20.6 Å². The van der Waals surface area contributed by atoms with E-state index in [2.05, 4.69) is 308 Å². The molecule has 1 spiro atoms. The Bertz CT molecular complexity index is 4700. The molecule has 82 heavy (non-hydrogen) atoms. The van der Waals surface area contributed by atoms with E-state index < -0.39 is 5.41 Å². The maximum atomic E-state index is 6.91. The fraction of sp³-hybridized carbons (Fsp3) is 0.0649. The minimum Gasteiger partial charge on any atom is -0.457 e.